The molecule has 0 aromatic heterocycles. The number of hydrogen-bond donors (Lipinski definition) is 1. The molecule has 1 aliphatic carbocycles. The number of rotatable bonds is 4. The first-order valence-corrected chi connectivity index (χ1v) is 6.46. The Bertz CT molecular complexity index is 253. The van der Waals surface area contributed by atoms with Crippen LogP contribution in [0, 0.1) is 0 Å². The lowest BCUT2D eigenvalue weighted by Gasteiger charge is -2.33. The van der Waals surface area contributed by atoms with E-state index in [2.05, 4.69) is 24.1 Å². The van der Waals surface area contributed by atoms with Crippen molar-refractivity contribution in [2.24, 2.45) is 0 Å². The quantitative estimate of drug-likeness (QED) is 0.747. The maximum absolute atomic E-state index is 12.1. The van der Waals surface area contributed by atoms with Crippen LogP contribution in [0.1, 0.15) is 26.7 Å². The zero-order valence-electron chi connectivity index (χ0n) is 10.4. The third kappa shape index (κ3) is 2.95. The van der Waals surface area contributed by atoms with Crippen molar-refractivity contribution in [2.75, 3.05) is 32.7 Å². The summed E-state index contributed by atoms with van der Waals surface area (Å²) in [6, 6.07) is 1.07. The zero-order chi connectivity index (χ0) is 11.5. The molecule has 0 aromatic rings. The van der Waals surface area contributed by atoms with Crippen molar-refractivity contribution < 1.29 is 4.79 Å². The highest BCUT2D eigenvalue weighted by Gasteiger charge is 2.32. The number of nitrogens with zero attached hydrogens (tertiary/aromatic N) is 2. The Morgan fingerprint density at radius 3 is 2.81 bits per heavy atom. The number of likely N-dealkylation sites (N-methyl/N-ethyl adjacent to an activating group) is 1. The van der Waals surface area contributed by atoms with E-state index in [0.717, 1.165) is 26.2 Å². The van der Waals surface area contributed by atoms with Crippen molar-refractivity contribution >= 4 is 5.91 Å². The molecule has 2 fully saturated rings. The van der Waals surface area contributed by atoms with Gasteiger partial charge < -0.3 is 10.2 Å². The molecule has 1 amide bonds. The summed E-state index contributed by atoms with van der Waals surface area (Å²) in [6.45, 7) is 8.73. The molecular formula is C12H23N3O. The molecule has 1 unspecified atom stereocenters. The summed E-state index contributed by atoms with van der Waals surface area (Å²) in [5.74, 6) is 0.319. The van der Waals surface area contributed by atoms with Gasteiger partial charge in [0.1, 0.15) is 0 Å². The lowest BCUT2D eigenvalue weighted by Crippen LogP contribution is -2.52. The molecule has 0 bridgehead atoms. The maximum Gasteiger partial charge on any atom is 0.236 e. The zero-order valence-corrected chi connectivity index (χ0v) is 10.4. The second kappa shape index (κ2) is 5.15. The molecule has 2 rings (SSSR count). The van der Waals surface area contributed by atoms with E-state index in [0.29, 0.717) is 24.5 Å². The molecule has 1 heterocycles. The summed E-state index contributed by atoms with van der Waals surface area (Å²) in [5, 5.41) is 3.40. The van der Waals surface area contributed by atoms with Gasteiger partial charge in [0.05, 0.1) is 6.54 Å². The van der Waals surface area contributed by atoms with Gasteiger partial charge in [-0.1, -0.05) is 0 Å². The Hall–Kier alpha value is -0.610. The first kappa shape index (κ1) is 11.9. The van der Waals surface area contributed by atoms with Crippen LogP contribution in [-0.2, 0) is 4.79 Å². The van der Waals surface area contributed by atoms with Crippen LogP contribution in [-0.4, -0.2) is 60.5 Å². The van der Waals surface area contributed by atoms with Crippen LogP contribution in [0.4, 0.5) is 0 Å². The topological polar surface area (TPSA) is 35.6 Å². The summed E-state index contributed by atoms with van der Waals surface area (Å²) < 4.78 is 0. The predicted octanol–water partition coefficient (Wildman–Crippen LogP) is 0.291. The Labute approximate surface area is 98.0 Å². The molecule has 1 saturated carbocycles. The second-order valence-electron chi connectivity index (χ2n) is 5.00. The summed E-state index contributed by atoms with van der Waals surface area (Å²) in [5.41, 5.74) is 0. The number of nitrogens with one attached hydrogen (secondary N) is 1. The van der Waals surface area contributed by atoms with Gasteiger partial charge in [0.2, 0.25) is 5.91 Å². The minimum Gasteiger partial charge on any atom is -0.339 e. The normalized spacial score (nSPS) is 26.8. The van der Waals surface area contributed by atoms with Crippen LogP contribution in [0.2, 0.25) is 0 Å². The third-order valence-electron chi connectivity index (χ3n) is 3.46. The summed E-state index contributed by atoms with van der Waals surface area (Å²) in [7, 11) is 0. The minimum absolute atomic E-state index is 0.319. The van der Waals surface area contributed by atoms with Gasteiger partial charge in [-0.05, 0) is 26.7 Å². The van der Waals surface area contributed by atoms with Crippen molar-refractivity contribution in [2.45, 2.75) is 38.8 Å². The number of piperazine rings is 1. The molecule has 1 N–H and O–H groups in total. The molecule has 0 radical (unpaired) electrons. The first-order valence-electron chi connectivity index (χ1n) is 6.46. The molecule has 1 atom stereocenters. The van der Waals surface area contributed by atoms with Gasteiger partial charge >= 0.3 is 0 Å². The fourth-order valence-electron chi connectivity index (χ4n) is 2.46. The van der Waals surface area contributed by atoms with E-state index in [9.17, 15) is 4.79 Å². The lowest BCUT2D eigenvalue weighted by molar-refractivity contribution is -0.133. The van der Waals surface area contributed by atoms with Crippen molar-refractivity contribution in [1.82, 2.24) is 15.1 Å². The second-order valence-corrected chi connectivity index (χ2v) is 5.00. The average molecular weight is 225 g/mol. The highest BCUT2D eigenvalue weighted by Crippen LogP contribution is 2.26. The SMILES string of the molecule is CCN(C(=O)CN1CCNC(C)C1)C1CC1. The molecule has 1 aliphatic heterocycles. The van der Waals surface area contributed by atoms with Crippen LogP contribution >= 0.6 is 0 Å². The van der Waals surface area contributed by atoms with Crippen molar-refractivity contribution in [3.05, 3.63) is 0 Å². The van der Waals surface area contributed by atoms with E-state index in [1.165, 1.54) is 12.8 Å². The average Bonchev–Trinajstić information content (AvgIpc) is 3.03. The van der Waals surface area contributed by atoms with Gasteiger partial charge in [0.15, 0.2) is 0 Å². The molecule has 2 aliphatic rings. The van der Waals surface area contributed by atoms with Gasteiger partial charge in [0, 0.05) is 38.3 Å². The van der Waals surface area contributed by atoms with Crippen LogP contribution in [0.5, 0.6) is 0 Å². The first-order chi connectivity index (χ1) is 7.70. The molecule has 0 aromatic carbocycles. The van der Waals surface area contributed by atoms with E-state index >= 15 is 0 Å². The molecule has 4 nitrogen and oxygen atoms in total. The van der Waals surface area contributed by atoms with E-state index in [1.807, 2.05) is 4.90 Å². The summed E-state index contributed by atoms with van der Waals surface area (Å²) in [4.78, 5) is 16.4. The number of carbonyl (C=O) groups is 1. The number of amides is 1. The van der Waals surface area contributed by atoms with E-state index < -0.39 is 0 Å². The summed E-state index contributed by atoms with van der Waals surface area (Å²) >= 11 is 0. The van der Waals surface area contributed by atoms with Crippen molar-refractivity contribution in [3.8, 4) is 0 Å². The smallest absolute Gasteiger partial charge is 0.236 e. The van der Waals surface area contributed by atoms with Crippen LogP contribution in [0.3, 0.4) is 0 Å². The van der Waals surface area contributed by atoms with E-state index in [4.69, 9.17) is 0 Å². The molecule has 16 heavy (non-hydrogen) atoms. The monoisotopic (exact) mass is 225 g/mol. The molecule has 4 heteroatoms. The number of carbonyl (C=O) groups excluding carboxylic acids is 1. The maximum atomic E-state index is 12.1. The molecular weight excluding hydrogens is 202 g/mol. The highest BCUT2D eigenvalue weighted by atomic mass is 16.2. The third-order valence-corrected chi connectivity index (χ3v) is 3.46. The largest absolute Gasteiger partial charge is 0.339 e. The highest BCUT2D eigenvalue weighted by molar-refractivity contribution is 5.78. The van der Waals surface area contributed by atoms with E-state index in [1.54, 1.807) is 0 Å². The van der Waals surface area contributed by atoms with Gasteiger partial charge in [-0.15, -0.1) is 0 Å². The predicted molar refractivity (Wildman–Crippen MR) is 64.3 cm³/mol. The molecule has 1 saturated heterocycles. The van der Waals surface area contributed by atoms with Gasteiger partial charge in [-0.2, -0.15) is 0 Å². The van der Waals surface area contributed by atoms with E-state index in [-0.39, 0.29) is 0 Å². The molecule has 92 valence electrons. The van der Waals surface area contributed by atoms with Crippen LogP contribution in [0.15, 0.2) is 0 Å². The molecule has 0 spiro atoms. The van der Waals surface area contributed by atoms with Crippen molar-refractivity contribution in [1.29, 1.82) is 0 Å². The van der Waals surface area contributed by atoms with Gasteiger partial charge in [-0.3, -0.25) is 9.69 Å². The Morgan fingerprint density at radius 2 is 2.25 bits per heavy atom. The Balaban J connectivity index is 1.80. The number of hydrogen-bond acceptors (Lipinski definition) is 3. The van der Waals surface area contributed by atoms with Crippen molar-refractivity contribution in [3.63, 3.8) is 0 Å². The van der Waals surface area contributed by atoms with Crippen LogP contribution in [0.25, 0.3) is 0 Å². The lowest BCUT2D eigenvalue weighted by atomic mass is 10.2. The minimum atomic E-state index is 0.319. The van der Waals surface area contributed by atoms with Gasteiger partial charge in [0.25, 0.3) is 0 Å². The standard InChI is InChI=1S/C12H23N3O/c1-3-15(11-4-5-11)12(16)9-14-7-6-13-10(2)8-14/h10-11,13H,3-9H2,1-2H3. The summed E-state index contributed by atoms with van der Waals surface area (Å²) in [6.07, 6.45) is 2.41. The van der Waals surface area contributed by atoms with Gasteiger partial charge in [-0.25, -0.2) is 0 Å². The fourth-order valence-corrected chi connectivity index (χ4v) is 2.46. The fraction of sp³-hybridized carbons (Fsp3) is 0.917. The van der Waals surface area contributed by atoms with Crippen LogP contribution < -0.4 is 5.32 Å². The Morgan fingerprint density at radius 1 is 1.50 bits per heavy atom. The Kier molecular flexibility index (Phi) is 3.82.